The van der Waals surface area contributed by atoms with Crippen LogP contribution in [-0.2, 0) is 0 Å². The highest BCUT2D eigenvalue weighted by Crippen LogP contribution is 2.33. The van der Waals surface area contributed by atoms with Gasteiger partial charge in [0.25, 0.3) is 5.69 Å². The number of non-ortho nitro benzene ring substituents is 1. The Kier molecular flexibility index (Phi) is 6.41. The summed E-state index contributed by atoms with van der Waals surface area (Å²) in [4.78, 5) is 28.0. The van der Waals surface area contributed by atoms with Crippen LogP contribution in [0.3, 0.4) is 0 Å². The Bertz CT molecular complexity index is 1140. The minimum Gasteiger partial charge on any atom is -0.465 e. The lowest BCUT2D eigenvalue weighted by Gasteiger charge is -2.33. The molecule has 0 aliphatic carbocycles. The van der Waals surface area contributed by atoms with E-state index in [-0.39, 0.29) is 5.69 Å². The number of nitro benzene ring substituents is 1. The number of halogens is 1. The molecule has 1 aliphatic heterocycles. The third-order valence-electron chi connectivity index (χ3n) is 5.90. The molecule has 0 bridgehead atoms. The zero-order valence-corrected chi connectivity index (χ0v) is 18.1. The van der Waals surface area contributed by atoms with Gasteiger partial charge in [0, 0.05) is 37.2 Å². The van der Waals surface area contributed by atoms with Gasteiger partial charge < -0.3 is 15.3 Å². The number of rotatable bonds is 6. The van der Waals surface area contributed by atoms with Crippen LogP contribution in [0, 0.1) is 16.0 Å². The van der Waals surface area contributed by atoms with Crippen LogP contribution < -0.4 is 10.2 Å². The van der Waals surface area contributed by atoms with Crippen molar-refractivity contribution in [3.05, 3.63) is 63.7 Å². The van der Waals surface area contributed by atoms with E-state index in [1.807, 2.05) is 24.3 Å². The SMILES string of the molecule is O=C(O)NCCC1CCN(c2nc3ccc(-c4ccc([N+](=O)[O-])cc4)cc3cc2Cl)CC1. The number of benzene rings is 2. The maximum Gasteiger partial charge on any atom is 0.404 e. The Morgan fingerprint density at radius 3 is 2.50 bits per heavy atom. The number of piperidine rings is 1. The maximum atomic E-state index is 10.9. The molecule has 9 heteroatoms. The monoisotopic (exact) mass is 454 g/mol. The first-order valence-electron chi connectivity index (χ1n) is 10.5. The van der Waals surface area contributed by atoms with Gasteiger partial charge in [0.1, 0.15) is 5.82 Å². The largest absolute Gasteiger partial charge is 0.465 e. The van der Waals surface area contributed by atoms with Crippen LogP contribution in [0.2, 0.25) is 5.02 Å². The molecule has 1 aromatic heterocycles. The third-order valence-corrected chi connectivity index (χ3v) is 6.18. The van der Waals surface area contributed by atoms with Crippen LogP contribution in [0.4, 0.5) is 16.3 Å². The second kappa shape index (κ2) is 9.40. The Morgan fingerprint density at radius 2 is 1.84 bits per heavy atom. The lowest BCUT2D eigenvalue weighted by Crippen LogP contribution is -2.35. The third kappa shape index (κ3) is 4.91. The van der Waals surface area contributed by atoms with Crippen molar-refractivity contribution in [1.29, 1.82) is 0 Å². The number of hydrogen-bond donors (Lipinski definition) is 2. The number of nitrogens with one attached hydrogen (secondary N) is 1. The number of hydrogen-bond acceptors (Lipinski definition) is 5. The summed E-state index contributed by atoms with van der Waals surface area (Å²) in [5.41, 5.74) is 2.72. The molecule has 0 radical (unpaired) electrons. The Labute approximate surface area is 190 Å². The first kappa shape index (κ1) is 21.8. The van der Waals surface area contributed by atoms with E-state index in [4.69, 9.17) is 21.7 Å². The van der Waals surface area contributed by atoms with Crippen LogP contribution in [0.15, 0.2) is 48.5 Å². The first-order valence-corrected chi connectivity index (χ1v) is 10.9. The van der Waals surface area contributed by atoms with Crippen molar-refractivity contribution in [2.24, 2.45) is 5.92 Å². The average molecular weight is 455 g/mol. The number of carboxylic acid groups (broad SMARTS) is 1. The highest BCUT2D eigenvalue weighted by molar-refractivity contribution is 6.33. The van der Waals surface area contributed by atoms with Gasteiger partial charge in [-0.3, -0.25) is 10.1 Å². The topological polar surface area (TPSA) is 109 Å². The van der Waals surface area contributed by atoms with Gasteiger partial charge in [0.05, 0.1) is 15.5 Å². The number of amides is 1. The van der Waals surface area contributed by atoms with Gasteiger partial charge in [-0.25, -0.2) is 9.78 Å². The summed E-state index contributed by atoms with van der Waals surface area (Å²) >= 11 is 6.59. The van der Waals surface area contributed by atoms with Crippen LogP contribution in [0.5, 0.6) is 0 Å². The van der Waals surface area contributed by atoms with Gasteiger partial charge in [-0.2, -0.15) is 0 Å². The average Bonchev–Trinajstić information content (AvgIpc) is 2.78. The molecule has 2 N–H and O–H groups in total. The number of anilines is 1. The fourth-order valence-electron chi connectivity index (χ4n) is 4.13. The first-order chi connectivity index (χ1) is 15.4. The molecule has 1 fully saturated rings. The van der Waals surface area contributed by atoms with Crippen molar-refractivity contribution in [1.82, 2.24) is 10.3 Å². The Balaban J connectivity index is 1.48. The zero-order valence-electron chi connectivity index (χ0n) is 17.3. The number of carbonyl (C=O) groups is 1. The minimum atomic E-state index is -0.980. The highest BCUT2D eigenvalue weighted by atomic mass is 35.5. The molecule has 0 unspecified atom stereocenters. The summed E-state index contributed by atoms with van der Waals surface area (Å²) in [5, 5.41) is 23.5. The second-order valence-corrected chi connectivity index (χ2v) is 8.36. The summed E-state index contributed by atoms with van der Waals surface area (Å²) in [7, 11) is 0. The van der Waals surface area contributed by atoms with Crippen LogP contribution in [-0.4, -0.2) is 40.7 Å². The lowest BCUT2D eigenvalue weighted by molar-refractivity contribution is -0.384. The van der Waals surface area contributed by atoms with Crippen molar-refractivity contribution in [2.75, 3.05) is 24.5 Å². The number of pyridine rings is 1. The molecular formula is C23H23ClN4O4. The van der Waals surface area contributed by atoms with E-state index in [2.05, 4.69) is 10.2 Å². The van der Waals surface area contributed by atoms with Crippen molar-refractivity contribution < 1.29 is 14.8 Å². The quantitative estimate of drug-likeness (QED) is 0.384. The fourth-order valence-corrected chi connectivity index (χ4v) is 4.41. The summed E-state index contributed by atoms with van der Waals surface area (Å²) in [6, 6.07) is 14.3. The van der Waals surface area contributed by atoms with Gasteiger partial charge in [0.15, 0.2) is 0 Å². The van der Waals surface area contributed by atoms with Crippen LogP contribution in [0.1, 0.15) is 19.3 Å². The van der Waals surface area contributed by atoms with Crippen LogP contribution in [0.25, 0.3) is 22.0 Å². The molecular weight excluding hydrogens is 432 g/mol. The molecule has 4 rings (SSSR count). The normalized spacial score (nSPS) is 14.5. The molecule has 3 aromatic rings. The predicted octanol–water partition coefficient (Wildman–Crippen LogP) is 5.34. The molecule has 1 saturated heterocycles. The van der Waals surface area contributed by atoms with Crippen molar-refractivity contribution in [3.8, 4) is 11.1 Å². The summed E-state index contributed by atoms with van der Waals surface area (Å²) in [5.74, 6) is 1.26. The molecule has 32 heavy (non-hydrogen) atoms. The zero-order chi connectivity index (χ0) is 22.7. The molecule has 0 spiro atoms. The fraction of sp³-hybridized carbons (Fsp3) is 0.304. The van der Waals surface area contributed by atoms with Gasteiger partial charge in [-0.05, 0) is 66.6 Å². The summed E-state index contributed by atoms with van der Waals surface area (Å²) in [6.07, 6.45) is 1.79. The lowest BCUT2D eigenvalue weighted by atomic mass is 9.93. The van der Waals surface area contributed by atoms with Crippen molar-refractivity contribution in [3.63, 3.8) is 0 Å². The number of fused-ring (bicyclic) bond motifs is 1. The second-order valence-electron chi connectivity index (χ2n) is 7.96. The van der Waals surface area contributed by atoms with Crippen LogP contribution >= 0.6 is 11.6 Å². The van der Waals surface area contributed by atoms with E-state index in [1.165, 1.54) is 12.1 Å². The van der Waals surface area contributed by atoms with Gasteiger partial charge in [-0.15, -0.1) is 0 Å². The molecule has 0 saturated carbocycles. The molecule has 0 atom stereocenters. The molecule has 2 heterocycles. The Hall–Kier alpha value is -3.39. The minimum absolute atomic E-state index is 0.0609. The van der Waals surface area contributed by atoms with Crippen molar-refractivity contribution in [2.45, 2.75) is 19.3 Å². The smallest absolute Gasteiger partial charge is 0.404 e. The van der Waals surface area contributed by atoms with Gasteiger partial charge >= 0.3 is 6.09 Å². The van der Waals surface area contributed by atoms with E-state index < -0.39 is 11.0 Å². The summed E-state index contributed by atoms with van der Waals surface area (Å²) < 4.78 is 0. The maximum absolute atomic E-state index is 10.9. The number of aromatic nitrogens is 1. The van der Waals surface area contributed by atoms with E-state index >= 15 is 0 Å². The van der Waals surface area contributed by atoms with E-state index in [1.54, 1.807) is 12.1 Å². The van der Waals surface area contributed by atoms with E-state index in [9.17, 15) is 14.9 Å². The Morgan fingerprint density at radius 1 is 1.16 bits per heavy atom. The van der Waals surface area contributed by atoms with E-state index in [0.717, 1.165) is 60.2 Å². The van der Waals surface area contributed by atoms with Gasteiger partial charge in [-0.1, -0.05) is 17.7 Å². The van der Waals surface area contributed by atoms with Crippen molar-refractivity contribution >= 4 is 40.1 Å². The molecule has 8 nitrogen and oxygen atoms in total. The standard InChI is InChI=1S/C23H23ClN4O4/c24-20-14-18-13-17(16-1-4-19(5-2-16)28(31)32)3-6-21(18)26-22(20)27-11-8-15(9-12-27)7-10-25-23(29)30/h1-6,13-15,25H,7-12H2,(H,29,30). The molecule has 1 amide bonds. The van der Waals surface area contributed by atoms with Gasteiger partial charge in [0.2, 0.25) is 0 Å². The molecule has 166 valence electrons. The summed E-state index contributed by atoms with van der Waals surface area (Å²) in [6.45, 7) is 2.14. The van der Waals surface area contributed by atoms with E-state index in [0.29, 0.717) is 17.5 Å². The predicted molar refractivity (Wildman–Crippen MR) is 124 cm³/mol. The number of nitro groups is 1. The number of nitrogens with zero attached hydrogens (tertiary/aromatic N) is 3. The highest BCUT2D eigenvalue weighted by Gasteiger charge is 2.22. The molecule has 2 aromatic carbocycles. The molecule has 1 aliphatic rings.